The molecule has 0 aliphatic carbocycles. The third-order valence-corrected chi connectivity index (χ3v) is 4.60. The molecule has 0 aliphatic rings. The van der Waals surface area contributed by atoms with Crippen molar-refractivity contribution in [3.63, 3.8) is 0 Å². The van der Waals surface area contributed by atoms with Crippen LogP contribution in [0.4, 0.5) is 11.5 Å². The van der Waals surface area contributed by atoms with Crippen LogP contribution in [0, 0.1) is 25.2 Å². The molecular weight excluding hydrogens is 420 g/mol. The predicted octanol–water partition coefficient (Wildman–Crippen LogP) is 4.91. The number of nitrogens with zero attached hydrogens (tertiary/aromatic N) is 5. The van der Waals surface area contributed by atoms with Crippen LogP contribution in [0.5, 0.6) is 11.6 Å². The van der Waals surface area contributed by atoms with E-state index in [0.717, 1.165) is 27.0 Å². The number of rotatable bonds is 4. The maximum atomic E-state index is 8.93. The van der Waals surface area contributed by atoms with Crippen molar-refractivity contribution < 1.29 is 4.74 Å². The molecule has 0 spiro atoms. The second-order valence-electron chi connectivity index (χ2n) is 6.24. The molecule has 8 heteroatoms. The molecule has 2 aromatic heterocycles. The smallest absolute Gasteiger partial charge is 0.257 e. The van der Waals surface area contributed by atoms with Crippen LogP contribution in [0.2, 0.25) is 0 Å². The minimum absolute atomic E-state index is 0.418. The molecule has 4 rings (SSSR count). The summed E-state index contributed by atoms with van der Waals surface area (Å²) in [6.45, 7) is 3.98. The molecule has 28 heavy (non-hydrogen) atoms. The lowest BCUT2D eigenvalue weighted by atomic mass is 10.1. The molecule has 0 unspecified atom stereocenters. The Morgan fingerprint density at radius 3 is 2.50 bits per heavy atom. The third-order valence-electron chi connectivity index (χ3n) is 4.14. The molecule has 0 radical (unpaired) electrons. The van der Waals surface area contributed by atoms with Gasteiger partial charge in [0.25, 0.3) is 5.78 Å². The summed E-state index contributed by atoms with van der Waals surface area (Å²) in [5.41, 5.74) is 3.39. The van der Waals surface area contributed by atoms with E-state index in [4.69, 9.17) is 10.00 Å². The molecule has 2 heterocycles. The third kappa shape index (κ3) is 3.52. The maximum Gasteiger partial charge on any atom is 0.257 e. The highest BCUT2D eigenvalue weighted by molar-refractivity contribution is 9.10. The van der Waals surface area contributed by atoms with E-state index in [1.54, 1.807) is 22.7 Å². The van der Waals surface area contributed by atoms with Gasteiger partial charge in [0, 0.05) is 16.2 Å². The zero-order valence-corrected chi connectivity index (χ0v) is 16.7. The van der Waals surface area contributed by atoms with Crippen molar-refractivity contribution in [1.82, 2.24) is 19.6 Å². The van der Waals surface area contributed by atoms with Crippen LogP contribution >= 0.6 is 15.9 Å². The maximum absolute atomic E-state index is 8.93. The van der Waals surface area contributed by atoms with Crippen molar-refractivity contribution in [3.05, 3.63) is 70.0 Å². The molecule has 0 atom stereocenters. The number of anilines is 2. The van der Waals surface area contributed by atoms with Crippen LogP contribution < -0.4 is 10.1 Å². The van der Waals surface area contributed by atoms with Crippen LogP contribution in [0.15, 0.2) is 53.3 Å². The fraction of sp³-hybridized carbons (Fsp3) is 0.100. The number of fused-ring (bicyclic) bond motifs is 1. The van der Waals surface area contributed by atoms with Gasteiger partial charge in [0.1, 0.15) is 17.9 Å². The van der Waals surface area contributed by atoms with Gasteiger partial charge < -0.3 is 10.1 Å². The van der Waals surface area contributed by atoms with E-state index in [9.17, 15) is 0 Å². The Bertz CT molecular complexity index is 1190. The summed E-state index contributed by atoms with van der Waals surface area (Å²) in [6.07, 6.45) is 1.43. The first-order valence-corrected chi connectivity index (χ1v) is 9.25. The Kier molecular flexibility index (Phi) is 4.67. The van der Waals surface area contributed by atoms with Crippen molar-refractivity contribution in [2.45, 2.75) is 13.8 Å². The van der Waals surface area contributed by atoms with Gasteiger partial charge in [-0.3, -0.25) is 0 Å². The Morgan fingerprint density at radius 2 is 1.82 bits per heavy atom. The Balaban J connectivity index is 1.72. The number of halogens is 1. The summed E-state index contributed by atoms with van der Waals surface area (Å²) in [4.78, 5) is 8.64. The summed E-state index contributed by atoms with van der Waals surface area (Å²) in [5, 5.41) is 16.4. The summed E-state index contributed by atoms with van der Waals surface area (Å²) in [6, 6.07) is 15.0. The molecule has 138 valence electrons. The lowest BCUT2D eigenvalue weighted by Gasteiger charge is -2.14. The van der Waals surface area contributed by atoms with Gasteiger partial charge >= 0.3 is 0 Å². The van der Waals surface area contributed by atoms with Crippen molar-refractivity contribution in [2.75, 3.05) is 5.32 Å². The molecule has 4 aromatic rings. The van der Waals surface area contributed by atoms with E-state index in [2.05, 4.69) is 42.4 Å². The molecule has 7 nitrogen and oxygen atoms in total. The molecular formula is C20H15BrN6O. The predicted molar refractivity (Wildman–Crippen MR) is 109 cm³/mol. The topological polar surface area (TPSA) is 88.1 Å². The molecule has 1 N–H and O–H groups in total. The number of hydrogen-bond donors (Lipinski definition) is 1. The number of nitrogens with one attached hydrogen (secondary N) is 1. The average molecular weight is 435 g/mol. The molecule has 0 saturated heterocycles. The minimum Gasteiger partial charge on any atom is -0.438 e. The van der Waals surface area contributed by atoms with Gasteiger partial charge in [0.05, 0.1) is 11.6 Å². The molecule has 2 aromatic carbocycles. The normalized spacial score (nSPS) is 10.6. The monoisotopic (exact) mass is 434 g/mol. The van der Waals surface area contributed by atoms with Crippen LogP contribution in [-0.2, 0) is 0 Å². The van der Waals surface area contributed by atoms with Crippen molar-refractivity contribution in [1.29, 1.82) is 5.26 Å². The summed E-state index contributed by atoms with van der Waals surface area (Å²) >= 11 is 3.50. The molecule has 0 fully saturated rings. The minimum atomic E-state index is 0.418. The second kappa shape index (κ2) is 7.29. The Labute approximate surface area is 169 Å². The van der Waals surface area contributed by atoms with Crippen LogP contribution in [0.1, 0.15) is 16.7 Å². The molecule has 0 bridgehead atoms. The Hall–Kier alpha value is -3.44. The first kappa shape index (κ1) is 17.9. The molecule has 0 saturated carbocycles. The SMILES string of the molecule is Cc1cc(Br)cc(C)c1Oc1cc(Nc2ccc(C#N)cc2)nc2ncnn12. The van der Waals surface area contributed by atoms with Gasteiger partial charge in [-0.05, 0) is 61.4 Å². The number of hydrogen-bond acceptors (Lipinski definition) is 6. The molecule has 0 amide bonds. The van der Waals surface area contributed by atoms with Gasteiger partial charge in [-0.15, -0.1) is 0 Å². The van der Waals surface area contributed by atoms with E-state index in [1.807, 2.05) is 38.1 Å². The zero-order valence-electron chi connectivity index (χ0n) is 15.1. The largest absolute Gasteiger partial charge is 0.438 e. The van der Waals surface area contributed by atoms with Crippen molar-refractivity contribution in [3.8, 4) is 17.7 Å². The highest BCUT2D eigenvalue weighted by Gasteiger charge is 2.13. The van der Waals surface area contributed by atoms with Gasteiger partial charge in [0.2, 0.25) is 5.88 Å². The number of aromatic nitrogens is 4. The lowest BCUT2D eigenvalue weighted by Crippen LogP contribution is -2.03. The standard InChI is InChI=1S/C20H15BrN6O/c1-12-7-15(21)8-13(2)19(12)28-18-9-17(26-20-23-11-24-27(18)20)25-16-5-3-14(10-22)4-6-16/h3-9,11H,1-2H3,(H,23,24,25,26). The fourth-order valence-corrected chi connectivity index (χ4v) is 3.55. The summed E-state index contributed by atoms with van der Waals surface area (Å²) < 4.78 is 8.74. The van der Waals surface area contributed by atoms with Crippen LogP contribution in [-0.4, -0.2) is 19.6 Å². The van der Waals surface area contributed by atoms with E-state index in [1.165, 1.54) is 6.33 Å². The van der Waals surface area contributed by atoms with Crippen molar-refractivity contribution >= 4 is 33.2 Å². The fourth-order valence-electron chi connectivity index (χ4n) is 2.86. The second-order valence-corrected chi connectivity index (χ2v) is 7.15. The lowest BCUT2D eigenvalue weighted by molar-refractivity contribution is 0.440. The number of benzene rings is 2. The van der Waals surface area contributed by atoms with E-state index < -0.39 is 0 Å². The van der Waals surface area contributed by atoms with Gasteiger partial charge in [-0.25, -0.2) is 0 Å². The summed E-state index contributed by atoms with van der Waals surface area (Å²) in [7, 11) is 0. The van der Waals surface area contributed by atoms with E-state index >= 15 is 0 Å². The number of ether oxygens (including phenoxy) is 1. The van der Waals surface area contributed by atoms with Gasteiger partial charge in [-0.1, -0.05) is 15.9 Å². The Morgan fingerprint density at radius 1 is 1.11 bits per heavy atom. The van der Waals surface area contributed by atoms with Crippen LogP contribution in [0.25, 0.3) is 5.78 Å². The van der Waals surface area contributed by atoms with E-state index in [0.29, 0.717) is 23.0 Å². The summed E-state index contributed by atoms with van der Waals surface area (Å²) in [5.74, 6) is 2.23. The number of nitriles is 1. The quantitative estimate of drug-likeness (QED) is 0.490. The van der Waals surface area contributed by atoms with Crippen molar-refractivity contribution in [2.24, 2.45) is 0 Å². The number of aryl methyl sites for hydroxylation is 2. The first-order valence-electron chi connectivity index (χ1n) is 8.46. The highest BCUT2D eigenvalue weighted by atomic mass is 79.9. The molecule has 0 aliphatic heterocycles. The van der Waals surface area contributed by atoms with Gasteiger partial charge in [-0.2, -0.15) is 24.8 Å². The first-order chi connectivity index (χ1) is 13.5. The highest BCUT2D eigenvalue weighted by Crippen LogP contribution is 2.32. The van der Waals surface area contributed by atoms with E-state index in [-0.39, 0.29) is 0 Å². The van der Waals surface area contributed by atoms with Gasteiger partial charge in [0.15, 0.2) is 0 Å². The zero-order chi connectivity index (χ0) is 19.7. The van der Waals surface area contributed by atoms with Crippen LogP contribution in [0.3, 0.4) is 0 Å². The average Bonchev–Trinajstić information content (AvgIpc) is 3.14.